The van der Waals surface area contributed by atoms with Crippen molar-refractivity contribution in [3.05, 3.63) is 101 Å². The lowest BCUT2D eigenvalue weighted by atomic mass is 10.0. The number of nitrogens with zero attached hydrogens (tertiary/aromatic N) is 1. The van der Waals surface area contributed by atoms with Gasteiger partial charge >= 0.3 is 0 Å². The van der Waals surface area contributed by atoms with E-state index in [9.17, 15) is 14.0 Å². The Labute approximate surface area is 206 Å². The third-order valence-electron chi connectivity index (χ3n) is 6.02. The largest absolute Gasteiger partial charge is 0.484 e. The lowest BCUT2D eigenvalue weighted by molar-refractivity contribution is -0.143. The standard InChI is InChI=1S/C29H33FN2O3/c1-4-22(3)31-29(34)26(18-23-13-6-5-7-14-23)32(19-24-15-9-10-16-25(24)30)28(33)20-35-27-17-11-8-12-21(27)2/h5-17,22,26H,4,18-20H2,1-3H3,(H,31,34)/t22-,26+/m1/s1. The molecule has 3 aromatic rings. The predicted octanol–water partition coefficient (Wildman–Crippen LogP) is 5.07. The van der Waals surface area contributed by atoms with Crippen molar-refractivity contribution in [2.75, 3.05) is 6.61 Å². The van der Waals surface area contributed by atoms with Gasteiger partial charge in [0.25, 0.3) is 5.91 Å². The maximum atomic E-state index is 14.6. The third-order valence-corrected chi connectivity index (χ3v) is 6.02. The molecule has 0 aliphatic carbocycles. The van der Waals surface area contributed by atoms with Crippen molar-refractivity contribution in [3.8, 4) is 5.75 Å². The lowest BCUT2D eigenvalue weighted by Gasteiger charge is -2.32. The minimum atomic E-state index is -0.834. The Morgan fingerprint density at radius 3 is 2.31 bits per heavy atom. The molecule has 0 aromatic heterocycles. The number of ether oxygens (including phenoxy) is 1. The van der Waals surface area contributed by atoms with Crippen LogP contribution < -0.4 is 10.1 Å². The number of amides is 2. The van der Waals surface area contributed by atoms with E-state index in [-0.39, 0.29) is 25.1 Å². The molecule has 35 heavy (non-hydrogen) atoms. The third kappa shape index (κ3) is 7.41. The predicted molar refractivity (Wildman–Crippen MR) is 135 cm³/mol. The first kappa shape index (κ1) is 25.9. The van der Waals surface area contributed by atoms with Gasteiger partial charge in [0.05, 0.1) is 0 Å². The quantitative estimate of drug-likeness (QED) is 0.421. The first-order valence-corrected chi connectivity index (χ1v) is 11.9. The van der Waals surface area contributed by atoms with Crippen LogP contribution in [-0.4, -0.2) is 35.4 Å². The van der Waals surface area contributed by atoms with Crippen molar-refractivity contribution in [2.24, 2.45) is 0 Å². The Morgan fingerprint density at radius 2 is 1.63 bits per heavy atom. The van der Waals surface area contributed by atoms with E-state index in [1.807, 2.05) is 69.3 Å². The molecule has 3 aromatic carbocycles. The maximum absolute atomic E-state index is 14.6. The van der Waals surface area contributed by atoms with E-state index in [1.165, 1.54) is 11.0 Å². The number of aryl methyl sites for hydroxylation is 1. The van der Waals surface area contributed by atoms with E-state index in [4.69, 9.17) is 4.74 Å². The average Bonchev–Trinajstić information content (AvgIpc) is 2.87. The first-order chi connectivity index (χ1) is 16.9. The molecule has 5 nitrogen and oxygen atoms in total. The minimum absolute atomic E-state index is 0.0476. The summed E-state index contributed by atoms with van der Waals surface area (Å²) >= 11 is 0. The number of hydrogen-bond acceptors (Lipinski definition) is 3. The molecule has 0 bridgehead atoms. The number of nitrogens with one attached hydrogen (secondary N) is 1. The van der Waals surface area contributed by atoms with Crippen LogP contribution in [0.3, 0.4) is 0 Å². The summed E-state index contributed by atoms with van der Waals surface area (Å²) in [5.41, 5.74) is 2.14. The fraction of sp³-hybridized carbons (Fsp3) is 0.310. The monoisotopic (exact) mass is 476 g/mol. The average molecular weight is 477 g/mol. The summed E-state index contributed by atoms with van der Waals surface area (Å²) in [6.45, 7) is 5.49. The van der Waals surface area contributed by atoms with Gasteiger partial charge in [-0.05, 0) is 43.5 Å². The topological polar surface area (TPSA) is 58.6 Å². The van der Waals surface area contributed by atoms with Gasteiger partial charge in [0.1, 0.15) is 17.6 Å². The molecule has 2 amide bonds. The number of para-hydroxylation sites is 1. The second kappa shape index (κ2) is 12.7. The SMILES string of the molecule is CC[C@@H](C)NC(=O)[C@H](Cc1ccccc1)N(Cc1ccccc1F)C(=O)COc1ccccc1C. The molecule has 1 N–H and O–H groups in total. The number of halogens is 1. The lowest BCUT2D eigenvalue weighted by Crippen LogP contribution is -2.53. The normalized spacial score (nSPS) is 12.5. The van der Waals surface area contributed by atoms with Gasteiger partial charge in [-0.15, -0.1) is 0 Å². The highest BCUT2D eigenvalue weighted by Gasteiger charge is 2.31. The zero-order valence-corrected chi connectivity index (χ0v) is 20.5. The van der Waals surface area contributed by atoms with Crippen molar-refractivity contribution in [1.82, 2.24) is 10.2 Å². The summed E-state index contributed by atoms with van der Waals surface area (Å²) in [6, 6.07) is 22.3. The van der Waals surface area contributed by atoms with Crippen LogP contribution in [0.2, 0.25) is 0 Å². The van der Waals surface area contributed by atoms with Crippen molar-refractivity contribution < 1.29 is 18.7 Å². The molecule has 0 aliphatic heterocycles. The number of rotatable bonds is 11. The Kier molecular flexibility index (Phi) is 9.41. The minimum Gasteiger partial charge on any atom is -0.484 e. The van der Waals surface area contributed by atoms with Gasteiger partial charge in [-0.25, -0.2) is 4.39 Å². The van der Waals surface area contributed by atoms with Crippen LogP contribution in [0.1, 0.15) is 37.0 Å². The zero-order chi connectivity index (χ0) is 25.2. The van der Waals surface area contributed by atoms with Crippen LogP contribution in [0.5, 0.6) is 5.75 Å². The highest BCUT2D eigenvalue weighted by molar-refractivity contribution is 5.88. The van der Waals surface area contributed by atoms with Gasteiger partial charge in [0, 0.05) is 24.6 Å². The summed E-state index contributed by atoms with van der Waals surface area (Å²) in [5.74, 6) is -0.498. The van der Waals surface area contributed by atoms with E-state index in [0.717, 1.165) is 17.5 Å². The van der Waals surface area contributed by atoms with Crippen LogP contribution in [-0.2, 0) is 22.6 Å². The summed E-state index contributed by atoms with van der Waals surface area (Å²) in [7, 11) is 0. The van der Waals surface area contributed by atoms with E-state index in [1.54, 1.807) is 24.3 Å². The highest BCUT2D eigenvalue weighted by Crippen LogP contribution is 2.19. The second-order valence-electron chi connectivity index (χ2n) is 8.69. The molecule has 0 saturated carbocycles. The summed E-state index contributed by atoms with van der Waals surface area (Å²) < 4.78 is 20.4. The van der Waals surface area contributed by atoms with E-state index in [2.05, 4.69) is 5.32 Å². The molecule has 0 spiro atoms. The molecule has 0 fully saturated rings. The van der Waals surface area contributed by atoms with Gasteiger partial charge in [0.15, 0.2) is 6.61 Å². The molecule has 0 unspecified atom stereocenters. The van der Waals surface area contributed by atoms with Gasteiger partial charge in [-0.1, -0.05) is 73.7 Å². The Hall–Kier alpha value is -3.67. The van der Waals surface area contributed by atoms with Gasteiger partial charge in [-0.3, -0.25) is 9.59 Å². The van der Waals surface area contributed by atoms with E-state index < -0.39 is 17.8 Å². The molecular weight excluding hydrogens is 443 g/mol. The maximum Gasteiger partial charge on any atom is 0.261 e. The fourth-order valence-corrected chi connectivity index (χ4v) is 3.75. The van der Waals surface area contributed by atoms with Crippen molar-refractivity contribution in [3.63, 3.8) is 0 Å². The molecule has 2 atom stereocenters. The van der Waals surface area contributed by atoms with Crippen LogP contribution >= 0.6 is 0 Å². The van der Waals surface area contributed by atoms with Crippen LogP contribution in [0.25, 0.3) is 0 Å². The molecule has 6 heteroatoms. The molecule has 0 saturated heterocycles. The molecule has 0 aliphatic rings. The Morgan fingerprint density at radius 1 is 0.971 bits per heavy atom. The second-order valence-corrected chi connectivity index (χ2v) is 8.69. The van der Waals surface area contributed by atoms with E-state index in [0.29, 0.717) is 17.7 Å². The number of hydrogen-bond donors (Lipinski definition) is 1. The van der Waals surface area contributed by atoms with Crippen molar-refractivity contribution >= 4 is 11.8 Å². The number of benzene rings is 3. The summed E-state index contributed by atoms with van der Waals surface area (Å²) in [5, 5.41) is 3.00. The van der Waals surface area contributed by atoms with Gasteiger partial charge in [0.2, 0.25) is 5.91 Å². The van der Waals surface area contributed by atoms with Crippen molar-refractivity contribution in [1.29, 1.82) is 0 Å². The van der Waals surface area contributed by atoms with E-state index >= 15 is 0 Å². The Bertz CT molecular complexity index is 1120. The Balaban J connectivity index is 1.93. The molecule has 0 radical (unpaired) electrons. The summed E-state index contributed by atoms with van der Waals surface area (Å²) in [6.07, 6.45) is 1.05. The van der Waals surface area contributed by atoms with Crippen LogP contribution in [0, 0.1) is 12.7 Å². The van der Waals surface area contributed by atoms with Crippen LogP contribution in [0.15, 0.2) is 78.9 Å². The van der Waals surface area contributed by atoms with Crippen molar-refractivity contribution in [2.45, 2.75) is 52.2 Å². The van der Waals surface area contributed by atoms with Gasteiger partial charge in [-0.2, -0.15) is 0 Å². The zero-order valence-electron chi connectivity index (χ0n) is 20.5. The van der Waals surface area contributed by atoms with Crippen LogP contribution in [0.4, 0.5) is 4.39 Å². The first-order valence-electron chi connectivity index (χ1n) is 11.9. The molecule has 184 valence electrons. The molecule has 3 rings (SSSR count). The fourth-order valence-electron chi connectivity index (χ4n) is 3.75. The molecular formula is C29H33FN2O3. The molecule has 0 heterocycles. The van der Waals surface area contributed by atoms with Gasteiger partial charge < -0.3 is 15.0 Å². The number of carbonyl (C=O) groups excluding carboxylic acids is 2. The summed E-state index contributed by atoms with van der Waals surface area (Å²) in [4.78, 5) is 28.4. The smallest absolute Gasteiger partial charge is 0.261 e. The highest BCUT2D eigenvalue weighted by atomic mass is 19.1. The number of carbonyl (C=O) groups is 2.